The number of carbonyl (C=O) groups is 1. The molecule has 0 fully saturated rings. The van der Waals surface area contributed by atoms with Crippen molar-refractivity contribution in [3.63, 3.8) is 0 Å². The monoisotopic (exact) mass is 264 g/mol. The number of carbonyl (C=O) groups excluding carboxylic acids is 1. The highest BCUT2D eigenvalue weighted by molar-refractivity contribution is 5.91. The van der Waals surface area contributed by atoms with Gasteiger partial charge in [0.05, 0.1) is 4.92 Å². The Hall–Kier alpha value is -2.70. The Morgan fingerprint density at radius 3 is 2.95 bits per heavy atom. The van der Waals surface area contributed by atoms with Crippen LogP contribution in [0.25, 0.3) is 17.0 Å². The zero-order valence-corrected chi connectivity index (χ0v) is 9.63. The molecular weight excluding hydrogens is 255 g/mol. The van der Waals surface area contributed by atoms with Gasteiger partial charge in [-0.25, -0.2) is 4.39 Å². The van der Waals surface area contributed by atoms with E-state index in [0.717, 1.165) is 6.20 Å². The first-order valence-electron chi connectivity index (χ1n) is 5.28. The van der Waals surface area contributed by atoms with E-state index in [1.165, 1.54) is 24.4 Å². The molecule has 6 nitrogen and oxygen atoms in total. The van der Waals surface area contributed by atoms with Crippen LogP contribution in [-0.4, -0.2) is 16.4 Å². The number of nitrogens with zero attached hydrogens (tertiary/aromatic N) is 1. The highest BCUT2D eigenvalue weighted by atomic mass is 19.1. The van der Waals surface area contributed by atoms with Gasteiger partial charge in [0, 0.05) is 34.3 Å². The van der Waals surface area contributed by atoms with Crippen LogP contribution >= 0.6 is 0 Å². The number of aromatic amines is 1. The van der Waals surface area contributed by atoms with Crippen molar-refractivity contribution in [3.05, 3.63) is 51.6 Å². The molecule has 0 bridgehead atoms. The van der Waals surface area contributed by atoms with Crippen LogP contribution in [0.2, 0.25) is 0 Å². The minimum Gasteiger partial charge on any atom is -0.463 e. The van der Waals surface area contributed by atoms with Gasteiger partial charge < -0.3 is 9.72 Å². The molecule has 1 heterocycles. The summed E-state index contributed by atoms with van der Waals surface area (Å²) in [5, 5.41) is 10.9. The van der Waals surface area contributed by atoms with Crippen molar-refractivity contribution < 1.29 is 18.8 Å². The number of hydrogen-bond acceptors (Lipinski definition) is 4. The van der Waals surface area contributed by atoms with E-state index in [2.05, 4.69) is 9.72 Å². The molecule has 0 saturated heterocycles. The van der Waals surface area contributed by atoms with Crippen molar-refractivity contribution in [3.8, 4) is 0 Å². The van der Waals surface area contributed by atoms with Crippen molar-refractivity contribution in [2.75, 3.05) is 0 Å². The number of halogens is 1. The van der Waals surface area contributed by atoms with Crippen molar-refractivity contribution in [2.45, 2.75) is 6.61 Å². The predicted octanol–water partition coefficient (Wildman–Crippen LogP) is 2.23. The summed E-state index contributed by atoms with van der Waals surface area (Å²) in [6.07, 6.45) is 3.60. The lowest BCUT2D eigenvalue weighted by Crippen LogP contribution is -1.93. The molecule has 1 N–H and O–H groups in total. The van der Waals surface area contributed by atoms with Crippen LogP contribution in [0, 0.1) is 15.9 Å². The number of benzene rings is 1. The van der Waals surface area contributed by atoms with E-state index in [-0.39, 0.29) is 13.1 Å². The summed E-state index contributed by atoms with van der Waals surface area (Å²) in [5.41, 5.74) is 1.44. The molecule has 0 amide bonds. The summed E-state index contributed by atoms with van der Waals surface area (Å²) in [6, 6.07) is 2.49. The smallest absolute Gasteiger partial charge is 0.293 e. The van der Waals surface area contributed by atoms with Crippen LogP contribution in [-0.2, 0) is 16.1 Å². The zero-order valence-electron chi connectivity index (χ0n) is 9.63. The zero-order chi connectivity index (χ0) is 13.8. The van der Waals surface area contributed by atoms with Crippen molar-refractivity contribution >= 4 is 23.5 Å². The molecule has 1 aromatic carbocycles. The normalized spacial score (nSPS) is 11.0. The van der Waals surface area contributed by atoms with Crippen LogP contribution in [0.5, 0.6) is 0 Å². The number of fused-ring (bicyclic) bond motifs is 1. The van der Waals surface area contributed by atoms with E-state index < -0.39 is 10.7 Å². The van der Waals surface area contributed by atoms with Gasteiger partial charge in [-0.3, -0.25) is 14.9 Å². The number of nitrogens with one attached hydrogen (secondary N) is 1. The SMILES string of the molecule is O=COCc1cc(F)cc2[nH]cc(/C=C/[N+](=O)[O-])c12. The third-order valence-corrected chi connectivity index (χ3v) is 2.54. The lowest BCUT2D eigenvalue weighted by molar-refractivity contribution is -0.400. The molecule has 0 atom stereocenters. The van der Waals surface area contributed by atoms with Gasteiger partial charge in [-0.1, -0.05) is 0 Å². The fourth-order valence-corrected chi connectivity index (χ4v) is 1.86. The van der Waals surface area contributed by atoms with Gasteiger partial charge in [0.15, 0.2) is 0 Å². The Morgan fingerprint density at radius 2 is 2.26 bits per heavy atom. The topological polar surface area (TPSA) is 85.2 Å². The summed E-state index contributed by atoms with van der Waals surface area (Å²) in [6.45, 7) is 0.158. The first-order chi connectivity index (χ1) is 9.11. The third-order valence-electron chi connectivity index (χ3n) is 2.54. The Bertz CT molecular complexity index is 663. The molecule has 19 heavy (non-hydrogen) atoms. The largest absolute Gasteiger partial charge is 0.463 e. The molecule has 0 spiro atoms. The van der Waals surface area contributed by atoms with Crippen LogP contribution in [0.3, 0.4) is 0 Å². The number of H-pyrrole nitrogens is 1. The molecule has 0 aliphatic carbocycles. The minimum atomic E-state index is -0.593. The number of rotatable bonds is 5. The second-order valence-corrected chi connectivity index (χ2v) is 3.74. The van der Waals surface area contributed by atoms with E-state index in [1.807, 2.05) is 0 Å². The molecule has 1 aromatic heterocycles. The van der Waals surface area contributed by atoms with E-state index >= 15 is 0 Å². The fraction of sp³-hybridized carbons (Fsp3) is 0.0833. The lowest BCUT2D eigenvalue weighted by Gasteiger charge is -2.03. The summed E-state index contributed by atoms with van der Waals surface area (Å²) < 4.78 is 18.0. The average Bonchev–Trinajstić information content (AvgIpc) is 2.76. The number of nitro groups is 1. The van der Waals surface area contributed by atoms with Crippen molar-refractivity contribution in [1.82, 2.24) is 4.98 Å². The van der Waals surface area contributed by atoms with E-state index in [0.29, 0.717) is 22.0 Å². The number of ether oxygens (including phenoxy) is 1. The summed E-state index contributed by atoms with van der Waals surface area (Å²) in [4.78, 5) is 22.7. The van der Waals surface area contributed by atoms with E-state index in [9.17, 15) is 19.3 Å². The molecule has 0 saturated carbocycles. The molecule has 2 rings (SSSR count). The second-order valence-electron chi connectivity index (χ2n) is 3.74. The number of hydrogen-bond donors (Lipinski definition) is 1. The van der Waals surface area contributed by atoms with Crippen LogP contribution < -0.4 is 0 Å². The van der Waals surface area contributed by atoms with Crippen molar-refractivity contribution in [2.24, 2.45) is 0 Å². The van der Waals surface area contributed by atoms with Gasteiger partial charge >= 0.3 is 0 Å². The van der Waals surface area contributed by atoms with E-state index in [4.69, 9.17) is 0 Å². The summed E-state index contributed by atoms with van der Waals surface area (Å²) >= 11 is 0. The molecule has 2 aromatic rings. The van der Waals surface area contributed by atoms with Gasteiger partial charge in [-0.05, 0) is 12.1 Å². The van der Waals surface area contributed by atoms with Gasteiger partial charge in [-0.2, -0.15) is 0 Å². The Morgan fingerprint density at radius 1 is 1.47 bits per heavy atom. The van der Waals surface area contributed by atoms with Crippen molar-refractivity contribution in [1.29, 1.82) is 0 Å². The minimum absolute atomic E-state index is 0.102. The molecular formula is C12H9FN2O4. The Balaban J connectivity index is 2.54. The first kappa shape index (κ1) is 12.7. The van der Waals surface area contributed by atoms with Gasteiger partial charge in [0.1, 0.15) is 12.4 Å². The molecule has 0 unspecified atom stereocenters. The standard InChI is InChI=1S/C12H9FN2O4/c13-10-3-9(6-19-7-16)12-8(1-2-15(17)18)5-14-11(12)4-10/h1-5,7,14H,6H2/b2-1+. The maximum absolute atomic E-state index is 13.4. The van der Waals surface area contributed by atoms with Gasteiger partial charge in [0.25, 0.3) is 6.47 Å². The fourth-order valence-electron chi connectivity index (χ4n) is 1.86. The average molecular weight is 264 g/mol. The number of aromatic nitrogens is 1. The van der Waals surface area contributed by atoms with E-state index in [1.54, 1.807) is 0 Å². The molecule has 0 radical (unpaired) electrons. The molecule has 0 aliphatic rings. The summed E-state index contributed by atoms with van der Waals surface area (Å²) in [5.74, 6) is -0.483. The van der Waals surface area contributed by atoms with Gasteiger partial charge in [0.2, 0.25) is 6.20 Å². The molecule has 7 heteroatoms. The first-order valence-corrected chi connectivity index (χ1v) is 5.28. The highest BCUT2D eigenvalue weighted by Crippen LogP contribution is 2.25. The van der Waals surface area contributed by atoms with Crippen LogP contribution in [0.15, 0.2) is 24.5 Å². The van der Waals surface area contributed by atoms with Crippen LogP contribution in [0.1, 0.15) is 11.1 Å². The Kier molecular flexibility index (Phi) is 3.56. The lowest BCUT2D eigenvalue weighted by atomic mass is 10.1. The summed E-state index contributed by atoms with van der Waals surface area (Å²) in [7, 11) is 0. The Labute approximate surface area is 106 Å². The maximum Gasteiger partial charge on any atom is 0.293 e. The predicted molar refractivity (Wildman–Crippen MR) is 65.1 cm³/mol. The second kappa shape index (κ2) is 5.30. The van der Waals surface area contributed by atoms with Gasteiger partial charge in [-0.15, -0.1) is 0 Å². The molecule has 98 valence electrons. The third kappa shape index (κ3) is 2.76. The molecule has 0 aliphatic heterocycles. The quantitative estimate of drug-likeness (QED) is 0.509. The maximum atomic E-state index is 13.4. The highest BCUT2D eigenvalue weighted by Gasteiger charge is 2.10. The van der Waals surface area contributed by atoms with Crippen LogP contribution in [0.4, 0.5) is 4.39 Å².